The van der Waals surface area contributed by atoms with Gasteiger partial charge in [0.15, 0.2) is 0 Å². The van der Waals surface area contributed by atoms with Crippen LogP contribution in [-0.2, 0) is 17.6 Å². The summed E-state index contributed by atoms with van der Waals surface area (Å²) in [7, 11) is 1.40. The summed E-state index contributed by atoms with van der Waals surface area (Å²) in [5.74, 6) is -0.269. The standard InChI is InChI=1S/C10H13NO2/c1-13-10(12)9-6-7-4-2-3-5-8(7)11-9/h6,11H,2-5H2,1H3. The fraction of sp³-hybridized carbons (Fsp3) is 0.500. The molecule has 0 saturated heterocycles. The zero-order chi connectivity index (χ0) is 9.26. The van der Waals surface area contributed by atoms with Gasteiger partial charge in [0.25, 0.3) is 0 Å². The first kappa shape index (κ1) is 8.35. The van der Waals surface area contributed by atoms with Gasteiger partial charge in [-0.1, -0.05) is 0 Å². The number of carbonyl (C=O) groups is 1. The molecule has 1 aliphatic carbocycles. The van der Waals surface area contributed by atoms with Crippen LogP contribution in [0.3, 0.4) is 0 Å². The molecule has 2 rings (SSSR count). The average molecular weight is 179 g/mol. The Morgan fingerprint density at radius 1 is 1.46 bits per heavy atom. The smallest absolute Gasteiger partial charge is 0.354 e. The third kappa shape index (κ3) is 1.46. The van der Waals surface area contributed by atoms with Crippen LogP contribution < -0.4 is 0 Å². The van der Waals surface area contributed by atoms with Gasteiger partial charge < -0.3 is 9.72 Å². The zero-order valence-corrected chi connectivity index (χ0v) is 7.72. The van der Waals surface area contributed by atoms with E-state index in [2.05, 4.69) is 9.72 Å². The van der Waals surface area contributed by atoms with Gasteiger partial charge in [0.05, 0.1) is 7.11 Å². The number of aromatic amines is 1. The number of aryl methyl sites for hydroxylation is 2. The Bertz CT molecular complexity index is 304. The summed E-state index contributed by atoms with van der Waals surface area (Å²) >= 11 is 0. The van der Waals surface area contributed by atoms with Crippen molar-refractivity contribution in [3.05, 3.63) is 23.0 Å². The molecular formula is C10H13NO2. The second kappa shape index (κ2) is 3.24. The molecule has 0 aliphatic heterocycles. The molecule has 1 heterocycles. The van der Waals surface area contributed by atoms with E-state index in [0.29, 0.717) is 5.69 Å². The number of hydrogen-bond acceptors (Lipinski definition) is 2. The van der Waals surface area contributed by atoms with E-state index in [1.165, 1.54) is 31.2 Å². The number of carbonyl (C=O) groups excluding carboxylic acids is 1. The van der Waals surface area contributed by atoms with E-state index < -0.39 is 0 Å². The average Bonchev–Trinajstić information content (AvgIpc) is 2.59. The lowest BCUT2D eigenvalue weighted by Gasteiger charge is -2.08. The number of hydrogen-bond donors (Lipinski definition) is 1. The Balaban J connectivity index is 2.30. The Hall–Kier alpha value is -1.25. The predicted octanol–water partition coefficient (Wildman–Crippen LogP) is 1.68. The lowest BCUT2D eigenvalue weighted by atomic mass is 9.98. The Morgan fingerprint density at radius 3 is 2.92 bits per heavy atom. The third-order valence-electron chi connectivity index (χ3n) is 2.52. The fourth-order valence-electron chi connectivity index (χ4n) is 1.82. The second-order valence-electron chi connectivity index (χ2n) is 3.39. The van der Waals surface area contributed by atoms with E-state index in [9.17, 15) is 4.79 Å². The molecule has 3 nitrogen and oxygen atoms in total. The van der Waals surface area contributed by atoms with Crippen LogP contribution in [0.1, 0.15) is 34.6 Å². The highest BCUT2D eigenvalue weighted by Crippen LogP contribution is 2.21. The van der Waals surface area contributed by atoms with Gasteiger partial charge in [-0.15, -0.1) is 0 Å². The van der Waals surface area contributed by atoms with Crippen molar-refractivity contribution in [2.45, 2.75) is 25.7 Å². The molecule has 0 bridgehead atoms. The molecule has 0 fully saturated rings. The monoisotopic (exact) mass is 179 g/mol. The van der Waals surface area contributed by atoms with E-state index in [4.69, 9.17) is 0 Å². The number of rotatable bonds is 1. The van der Waals surface area contributed by atoms with E-state index in [0.717, 1.165) is 12.8 Å². The third-order valence-corrected chi connectivity index (χ3v) is 2.52. The quantitative estimate of drug-likeness (QED) is 0.666. The molecule has 1 N–H and O–H groups in total. The Kier molecular flexibility index (Phi) is 2.08. The summed E-state index contributed by atoms with van der Waals surface area (Å²) in [4.78, 5) is 14.3. The number of nitrogens with one attached hydrogen (secondary N) is 1. The number of methoxy groups -OCH3 is 1. The molecule has 0 amide bonds. The van der Waals surface area contributed by atoms with Gasteiger partial charge in [-0.05, 0) is 37.3 Å². The van der Waals surface area contributed by atoms with Crippen molar-refractivity contribution in [3.63, 3.8) is 0 Å². The van der Waals surface area contributed by atoms with Gasteiger partial charge in [-0.3, -0.25) is 0 Å². The van der Waals surface area contributed by atoms with Crippen LogP contribution in [-0.4, -0.2) is 18.1 Å². The highest BCUT2D eigenvalue weighted by atomic mass is 16.5. The summed E-state index contributed by atoms with van der Waals surface area (Å²) < 4.78 is 4.64. The Labute approximate surface area is 77.1 Å². The van der Waals surface area contributed by atoms with E-state index in [-0.39, 0.29) is 5.97 Å². The lowest BCUT2D eigenvalue weighted by molar-refractivity contribution is 0.0594. The first-order valence-electron chi connectivity index (χ1n) is 4.60. The molecule has 1 aromatic heterocycles. The predicted molar refractivity (Wildman–Crippen MR) is 48.8 cm³/mol. The number of aromatic nitrogens is 1. The maximum atomic E-state index is 11.2. The molecule has 0 atom stereocenters. The minimum absolute atomic E-state index is 0.269. The second-order valence-corrected chi connectivity index (χ2v) is 3.39. The van der Waals surface area contributed by atoms with Gasteiger partial charge in [-0.25, -0.2) is 4.79 Å². The van der Waals surface area contributed by atoms with Crippen LogP contribution in [0.4, 0.5) is 0 Å². The van der Waals surface area contributed by atoms with Crippen LogP contribution in [0, 0.1) is 0 Å². The maximum absolute atomic E-state index is 11.2. The largest absolute Gasteiger partial charge is 0.464 e. The van der Waals surface area contributed by atoms with Gasteiger partial charge >= 0.3 is 5.97 Å². The van der Waals surface area contributed by atoms with Crippen molar-refractivity contribution >= 4 is 5.97 Å². The highest BCUT2D eigenvalue weighted by Gasteiger charge is 2.16. The number of H-pyrrole nitrogens is 1. The SMILES string of the molecule is COC(=O)c1cc2c([nH]1)CCCC2. The molecular weight excluding hydrogens is 166 g/mol. The lowest BCUT2D eigenvalue weighted by Crippen LogP contribution is -2.02. The summed E-state index contributed by atoms with van der Waals surface area (Å²) in [6.45, 7) is 0. The van der Waals surface area contributed by atoms with Gasteiger partial charge in [0.1, 0.15) is 5.69 Å². The molecule has 0 spiro atoms. The van der Waals surface area contributed by atoms with Gasteiger partial charge in [-0.2, -0.15) is 0 Å². The van der Waals surface area contributed by atoms with E-state index in [1.54, 1.807) is 0 Å². The molecule has 0 unspecified atom stereocenters. The number of ether oxygens (including phenoxy) is 1. The number of esters is 1. The molecule has 0 aromatic carbocycles. The van der Waals surface area contributed by atoms with Crippen LogP contribution in [0.25, 0.3) is 0 Å². The molecule has 0 radical (unpaired) electrons. The minimum atomic E-state index is -0.269. The van der Waals surface area contributed by atoms with Crippen molar-refractivity contribution in [2.75, 3.05) is 7.11 Å². The maximum Gasteiger partial charge on any atom is 0.354 e. The summed E-state index contributed by atoms with van der Waals surface area (Å²) in [5, 5.41) is 0. The van der Waals surface area contributed by atoms with Crippen LogP contribution in [0.5, 0.6) is 0 Å². The molecule has 1 aromatic rings. The van der Waals surface area contributed by atoms with E-state index >= 15 is 0 Å². The first-order valence-corrected chi connectivity index (χ1v) is 4.60. The van der Waals surface area contributed by atoms with Gasteiger partial charge in [0.2, 0.25) is 0 Å². The number of fused-ring (bicyclic) bond motifs is 1. The molecule has 13 heavy (non-hydrogen) atoms. The van der Waals surface area contributed by atoms with Crippen LogP contribution in [0.2, 0.25) is 0 Å². The molecule has 0 saturated carbocycles. The van der Waals surface area contributed by atoms with Crippen molar-refractivity contribution in [1.82, 2.24) is 4.98 Å². The Morgan fingerprint density at radius 2 is 2.23 bits per heavy atom. The van der Waals surface area contributed by atoms with E-state index in [1.807, 2.05) is 6.07 Å². The van der Waals surface area contributed by atoms with Crippen LogP contribution in [0.15, 0.2) is 6.07 Å². The normalized spacial score (nSPS) is 15.2. The molecule has 70 valence electrons. The summed E-state index contributed by atoms with van der Waals surface area (Å²) in [5.41, 5.74) is 3.09. The van der Waals surface area contributed by atoms with Gasteiger partial charge in [0, 0.05) is 5.69 Å². The topological polar surface area (TPSA) is 42.1 Å². The highest BCUT2D eigenvalue weighted by molar-refractivity contribution is 5.87. The minimum Gasteiger partial charge on any atom is -0.464 e. The summed E-state index contributed by atoms with van der Waals surface area (Å²) in [6, 6.07) is 1.92. The first-order chi connectivity index (χ1) is 6.31. The zero-order valence-electron chi connectivity index (χ0n) is 7.72. The molecule has 1 aliphatic rings. The van der Waals surface area contributed by atoms with Crippen molar-refractivity contribution in [3.8, 4) is 0 Å². The van der Waals surface area contributed by atoms with Crippen molar-refractivity contribution in [2.24, 2.45) is 0 Å². The fourth-order valence-corrected chi connectivity index (χ4v) is 1.82. The van der Waals surface area contributed by atoms with Crippen molar-refractivity contribution in [1.29, 1.82) is 0 Å². The summed E-state index contributed by atoms with van der Waals surface area (Å²) in [6.07, 6.45) is 4.59. The van der Waals surface area contributed by atoms with Crippen molar-refractivity contribution < 1.29 is 9.53 Å². The molecule has 3 heteroatoms. The van der Waals surface area contributed by atoms with Crippen LogP contribution >= 0.6 is 0 Å².